The summed E-state index contributed by atoms with van der Waals surface area (Å²) in [5, 5.41) is 11.3. The van der Waals surface area contributed by atoms with Gasteiger partial charge in [-0.25, -0.2) is 9.97 Å². The molecule has 0 saturated carbocycles. The van der Waals surface area contributed by atoms with Crippen molar-refractivity contribution in [1.29, 1.82) is 0 Å². The summed E-state index contributed by atoms with van der Waals surface area (Å²) in [7, 11) is 1.56. The highest BCUT2D eigenvalue weighted by molar-refractivity contribution is 14.1. The lowest BCUT2D eigenvalue weighted by atomic mass is 10.3. The van der Waals surface area contributed by atoms with Gasteiger partial charge in [0.15, 0.2) is 5.82 Å². The predicted octanol–water partition coefficient (Wildman–Crippen LogP) is 2.54. The molecule has 0 aromatic carbocycles. The molecule has 0 saturated heterocycles. The van der Waals surface area contributed by atoms with E-state index in [4.69, 9.17) is 4.74 Å². The molecule has 0 amide bonds. The average Bonchev–Trinajstić information content (AvgIpc) is 2.49. The molecule has 0 radical (unpaired) electrons. The number of hydrogen-bond acceptors (Lipinski definition) is 6. The summed E-state index contributed by atoms with van der Waals surface area (Å²) in [5.74, 6) is 1.89. The molecule has 0 aliphatic heterocycles. The SMILES string of the molecule is CCNc1nc(-c2ccc(OC)nn2)nc(CC)c1I. The van der Waals surface area contributed by atoms with Gasteiger partial charge in [-0.05, 0) is 42.0 Å². The van der Waals surface area contributed by atoms with Crippen molar-refractivity contribution in [2.75, 3.05) is 19.0 Å². The third kappa shape index (κ3) is 3.14. The van der Waals surface area contributed by atoms with Crippen LogP contribution >= 0.6 is 22.6 Å². The molecule has 2 rings (SSSR count). The minimum atomic E-state index is 0.474. The molecule has 0 fully saturated rings. The van der Waals surface area contributed by atoms with Gasteiger partial charge >= 0.3 is 0 Å². The number of methoxy groups -OCH3 is 1. The first kappa shape index (κ1) is 14.9. The molecule has 7 heteroatoms. The van der Waals surface area contributed by atoms with E-state index in [1.807, 2.05) is 13.0 Å². The Morgan fingerprint density at radius 2 is 2.00 bits per heavy atom. The summed E-state index contributed by atoms with van der Waals surface area (Å²) in [6.07, 6.45) is 0.843. The zero-order valence-corrected chi connectivity index (χ0v) is 13.8. The molecule has 2 aromatic rings. The van der Waals surface area contributed by atoms with E-state index in [9.17, 15) is 0 Å². The summed E-state index contributed by atoms with van der Waals surface area (Å²) < 4.78 is 6.06. The Morgan fingerprint density at radius 3 is 2.55 bits per heavy atom. The van der Waals surface area contributed by atoms with Crippen molar-refractivity contribution in [2.24, 2.45) is 0 Å². The van der Waals surface area contributed by atoms with Crippen LogP contribution in [-0.4, -0.2) is 33.8 Å². The summed E-state index contributed by atoms with van der Waals surface area (Å²) in [6, 6.07) is 3.56. The zero-order chi connectivity index (χ0) is 14.5. The molecule has 1 N–H and O–H groups in total. The molecule has 6 nitrogen and oxygen atoms in total. The molecule has 20 heavy (non-hydrogen) atoms. The van der Waals surface area contributed by atoms with E-state index >= 15 is 0 Å². The Bertz CT molecular complexity index is 588. The van der Waals surface area contributed by atoms with Gasteiger partial charge in [0, 0.05) is 12.6 Å². The van der Waals surface area contributed by atoms with Crippen molar-refractivity contribution in [2.45, 2.75) is 20.3 Å². The summed E-state index contributed by atoms with van der Waals surface area (Å²) in [6.45, 7) is 4.92. The minimum absolute atomic E-state index is 0.474. The lowest BCUT2D eigenvalue weighted by molar-refractivity contribution is 0.392. The minimum Gasteiger partial charge on any atom is -0.480 e. The Kier molecular flexibility index (Phi) is 5.05. The van der Waals surface area contributed by atoms with Gasteiger partial charge in [-0.15, -0.1) is 10.2 Å². The van der Waals surface area contributed by atoms with Crippen LogP contribution in [0.15, 0.2) is 12.1 Å². The van der Waals surface area contributed by atoms with Crippen molar-refractivity contribution in [3.63, 3.8) is 0 Å². The smallest absolute Gasteiger partial charge is 0.233 e. The molecule has 0 unspecified atom stereocenters. The predicted molar refractivity (Wildman–Crippen MR) is 85.9 cm³/mol. The van der Waals surface area contributed by atoms with Crippen molar-refractivity contribution in [1.82, 2.24) is 20.2 Å². The first-order valence-corrected chi connectivity index (χ1v) is 7.45. The number of rotatable bonds is 5. The fraction of sp³-hybridized carbons (Fsp3) is 0.385. The van der Waals surface area contributed by atoms with Gasteiger partial charge in [-0.3, -0.25) is 0 Å². The molecular weight excluding hydrogens is 369 g/mol. The van der Waals surface area contributed by atoms with Crippen molar-refractivity contribution in [3.8, 4) is 17.4 Å². The first-order valence-electron chi connectivity index (χ1n) is 6.37. The Balaban J connectivity index is 2.46. The highest BCUT2D eigenvalue weighted by Gasteiger charge is 2.13. The van der Waals surface area contributed by atoms with E-state index in [0.29, 0.717) is 17.4 Å². The maximum Gasteiger partial charge on any atom is 0.233 e. The maximum absolute atomic E-state index is 5.00. The monoisotopic (exact) mass is 385 g/mol. The van der Waals surface area contributed by atoms with Crippen LogP contribution in [0.25, 0.3) is 11.5 Å². The standard InChI is InChI=1S/C13H16IN5O/c1-4-8-11(14)13(15-5-2)17-12(16-8)9-6-7-10(20-3)19-18-9/h6-7H,4-5H2,1-3H3,(H,15,16,17). The van der Waals surface area contributed by atoms with Crippen molar-refractivity contribution < 1.29 is 4.74 Å². The van der Waals surface area contributed by atoms with Crippen LogP contribution in [0, 0.1) is 3.57 Å². The van der Waals surface area contributed by atoms with Gasteiger partial charge in [0.25, 0.3) is 0 Å². The van der Waals surface area contributed by atoms with E-state index in [-0.39, 0.29) is 0 Å². The average molecular weight is 385 g/mol. The third-order valence-electron chi connectivity index (χ3n) is 2.68. The summed E-state index contributed by atoms with van der Waals surface area (Å²) in [5.41, 5.74) is 1.64. The van der Waals surface area contributed by atoms with Crippen LogP contribution < -0.4 is 10.1 Å². The number of aromatic nitrogens is 4. The number of halogens is 1. The van der Waals surface area contributed by atoms with Crippen LogP contribution in [0.4, 0.5) is 5.82 Å². The molecule has 2 aromatic heterocycles. The van der Waals surface area contributed by atoms with Crippen LogP contribution in [0.1, 0.15) is 19.5 Å². The van der Waals surface area contributed by atoms with E-state index in [1.54, 1.807) is 13.2 Å². The van der Waals surface area contributed by atoms with Gasteiger partial charge in [0.1, 0.15) is 11.5 Å². The lowest BCUT2D eigenvalue weighted by Gasteiger charge is -2.10. The quantitative estimate of drug-likeness (QED) is 0.798. The van der Waals surface area contributed by atoms with E-state index in [1.165, 1.54) is 0 Å². The van der Waals surface area contributed by atoms with Gasteiger partial charge in [0.05, 0.1) is 16.4 Å². The van der Waals surface area contributed by atoms with Gasteiger partial charge in [0.2, 0.25) is 5.88 Å². The Morgan fingerprint density at radius 1 is 1.20 bits per heavy atom. The summed E-state index contributed by atoms with van der Waals surface area (Å²) >= 11 is 2.27. The third-order valence-corrected chi connectivity index (χ3v) is 3.81. The largest absolute Gasteiger partial charge is 0.480 e. The van der Waals surface area contributed by atoms with E-state index in [2.05, 4.69) is 55.0 Å². The van der Waals surface area contributed by atoms with Crippen LogP contribution in [0.3, 0.4) is 0 Å². The molecular formula is C13H16IN5O. The number of aryl methyl sites for hydroxylation is 1. The van der Waals surface area contributed by atoms with Gasteiger partial charge in [-0.1, -0.05) is 6.92 Å². The number of anilines is 1. The van der Waals surface area contributed by atoms with Gasteiger partial charge in [-0.2, -0.15) is 0 Å². The zero-order valence-electron chi connectivity index (χ0n) is 11.6. The fourth-order valence-electron chi connectivity index (χ4n) is 1.68. The molecule has 2 heterocycles. The molecule has 0 spiro atoms. The van der Waals surface area contributed by atoms with Crippen molar-refractivity contribution >= 4 is 28.4 Å². The number of ether oxygens (including phenoxy) is 1. The second-order valence-electron chi connectivity index (χ2n) is 4.00. The van der Waals surface area contributed by atoms with Crippen LogP contribution in [-0.2, 0) is 6.42 Å². The van der Waals surface area contributed by atoms with Gasteiger partial charge < -0.3 is 10.1 Å². The number of nitrogens with zero attached hydrogens (tertiary/aromatic N) is 4. The Labute approximate surface area is 131 Å². The van der Waals surface area contributed by atoms with E-state index in [0.717, 1.165) is 28.0 Å². The number of hydrogen-bond donors (Lipinski definition) is 1. The fourth-order valence-corrected chi connectivity index (χ4v) is 2.49. The highest BCUT2D eigenvalue weighted by atomic mass is 127. The first-order chi connectivity index (χ1) is 9.69. The lowest BCUT2D eigenvalue weighted by Crippen LogP contribution is -2.08. The normalized spacial score (nSPS) is 10.4. The molecule has 0 bridgehead atoms. The van der Waals surface area contributed by atoms with E-state index < -0.39 is 0 Å². The van der Waals surface area contributed by atoms with Crippen LogP contribution in [0.5, 0.6) is 5.88 Å². The number of nitrogens with one attached hydrogen (secondary N) is 1. The second-order valence-corrected chi connectivity index (χ2v) is 5.08. The molecule has 0 aliphatic rings. The summed E-state index contributed by atoms with van der Waals surface area (Å²) in [4.78, 5) is 9.08. The highest BCUT2D eigenvalue weighted by Crippen LogP contribution is 2.23. The second kappa shape index (κ2) is 6.78. The van der Waals surface area contributed by atoms with Crippen molar-refractivity contribution in [3.05, 3.63) is 21.4 Å². The molecule has 0 aliphatic carbocycles. The topological polar surface area (TPSA) is 72.8 Å². The maximum atomic E-state index is 5.00. The Hall–Kier alpha value is -1.51. The van der Waals surface area contributed by atoms with Crippen LogP contribution in [0.2, 0.25) is 0 Å². The molecule has 106 valence electrons. The molecule has 0 atom stereocenters.